The van der Waals surface area contributed by atoms with Crippen LogP contribution in [0.2, 0.25) is 0 Å². The van der Waals surface area contributed by atoms with Gasteiger partial charge in [0.2, 0.25) is 5.01 Å². The summed E-state index contributed by atoms with van der Waals surface area (Å²) in [7, 11) is 1.63. The first-order valence-corrected chi connectivity index (χ1v) is 10.1. The summed E-state index contributed by atoms with van der Waals surface area (Å²) in [5, 5.41) is 13.6. The standard InChI is InChI=1S/C22H15ClFN3O2S/c1-29-18-9-4-14-10-13(2-3-15(14)12-18)11-19(23)21-26-27-22(30-21)20(28)25-17-7-5-16(24)6-8-17/h2-12H,1H3,(H,25,28)/b19-11-. The number of fused-ring (bicyclic) bond motifs is 1. The predicted molar refractivity (Wildman–Crippen MR) is 118 cm³/mol. The molecule has 1 N–H and O–H groups in total. The molecule has 0 aliphatic rings. The van der Waals surface area contributed by atoms with E-state index in [-0.39, 0.29) is 10.8 Å². The van der Waals surface area contributed by atoms with Crippen molar-refractivity contribution in [2.45, 2.75) is 0 Å². The number of methoxy groups -OCH3 is 1. The topological polar surface area (TPSA) is 64.1 Å². The highest BCUT2D eigenvalue weighted by atomic mass is 35.5. The molecule has 1 aromatic heterocycles. The number of rotatable bonds is 5. The second-order valence-electron chi connectivity index (χ2n) is 6.34. The third-order valence-corrected chi connectivity index (χ3v) is 5.65. The van der Waals surface area contributed by atoms with Gasteiger partial charge in [-0.25, -0.2) is 4.39 Å². The van der Waals surface area contributed by atoms with Crippen LogP contribution in [0, 0.1) is 5.82 Å². The second-order valence-corrected chi connectivity index (χ2v) is 7.72. The third kappa shape index (κ3) is 4.48. The number of nitrogens with one attached hydrogen (secondary N) is 1. The summed E-state index contributed by atoms with van der Waals surface area (Å²) < 4.78 is 18.2. The zero-order valence-corrected chi connectivity index (χ0v) is 17.3. The van der Waals surface area contributed by atoms with E-state index >= 15 is 0 Å². The first-order valence-electron chi connectivity index (χ1n) is 8.87. The molecular formula is C22H15ClFN3O2S. The van der Waals surface area contributed by atoms with Crippen molar-refractivity contribution in [3.8, 4) is 5.75 Å². The fourth-order valence-corrected chi connectivity index (χ4v) is 3.72. The van der Waals surface area contributed by atoms with Crippen LogP contribution < -0.4 is 10.1 Å². The Morgan fingerprint density at radius 1 is 1.03 bits per heavy atom. The number of ether oxygens (including phenoxy) is 1. The van der Waals surface area contributed by atoms with Gasteiger partial charge in [-0.3, -0.25) is 4.79 Å². The van der Waals surface area contributed by atoms with Gasteiger partial charge in [0.25, 0.3) is 5.91 Å². The summed E-state index contributed by atoms with van der Waals surface area (Å²) in [6, 6.07) is 17.2. The quantitative estimate of drug-likeness (QED) is 0.425. The third-order valence-electron chi connectivity index (χ3n) is 4.29. The predicted octanol–water partition coefficient (Wildman–Crippen LogP) is 5.83. The highest BCUT2D eigenvalue weighted by molar-refractivity contribution is 7.15. The second kappa shape index (κ2) is 8.61. The lowest BCUT2D eigenvalue weighted by atomic mass is 10.1. The monoisotopic (exact) mass is 439 g/mol. The summed E-state index contributed by atoms with van der Waals surface area (Å²) in [6.07, 6.45) is 1.77. The molecule has 0 atom stereocenters. The highest BCUT2D eigenvalue weighted by Crippen LogP contribution is 2.28. The molecule has 0 saturated carbocycles. The molecule has 0 aliphatic carbocycles. The summed E-state index contributed by atoms with van der Waals surface area (Å²) in [4.78, 5) is 12.3. The Morgan fingerprint density at radius 3 is 2.50 bits per heavy atom. The van der Waals surface area contributed by atoms with E-state index in [1.165, 1.54) is 24.3 Å². The lowest BCUT2D eigenvalue weighted by Crippen LogP contribution is -2.11. The zero-order chi connectivity index (χ0) is 21.1. The first-order chi connectivity index (χ1) is 14.5. The average Bonchev–Trinajstić information content (AvgIpc) is 3.25. The minimum atomic E-state index is -0.436. The van der Waals surface area contributed by atoms with Crippen LogP contribution >= 0.6 is 22.9 Å². The van der Waals surface area contributed by atoms with E-state index in [0.29, 0.717) is 15.7 Å². The lowest BCUT2D eigenvalue weighted by Gasteiger charge is -2.04. The van der Waals surface area contributed by atoms with Gasteiger partial charge in [-0.05, 0) is 64.9 Å². The molecule has 0 fully saturated rings. The molecule has 8 heteroatoms. The van der Waals surface area contributed by atoms with E-state index in [0.717, 1.165) is 33.4 Å². The molecule has 5 nitrogen and oxygen atoms in total. The molecular weight excluding hydrogens is 425 g/mol. The fourth-order valence-electron chi connectivity index (χ4n) is 2.80. The Morgan fingerprint density at radius 2 is 1.73 bits per heavy atom. The summed E-state index contributed by atoms with van der Waals surface area (Å²) >= 11 is 7.49. The van der Waals surface area contributed by atoms with Gasteiger partial charge in [-0.1, -0.05) is 41.1 Å². The lowest BCUT2D eigenvalue weighted by molar-refractivity contribution is 0.102. The van der Waals surface area contributed by atoms with Gasteiger partial charge >= 0.3 is 0 Å². The molecule has 0 aliphatic heterocycles. The number of halogens is 2. The molecule has 0 radical (unpaired) electrons. The molecule has 4 aromatic rings. The van der Waals surface area contributed by atoms with Crippen LogP contribution in [-0.2, 0) is 0 Å². The van der Waals surface area contributed by atoms with Gasteiger partial charge in [0.1, 0.15) is 11.6 Å². The number of benzene rings is 3. The van der Waals surface area contributed by atoms with Crippen LogP contribution in [0.5, 0.6) is 5.75 Å². The SMILES string of the molecule is COc1ccc2cc(/C=C(\Cl)c3nnc(C(=O)Nc4ccc(F)cc4)s3)ccc2c1. The smallest absolute Gasteiger partial charge is 0.286 e. The average molecular weight is 440 g/mol. The van der Waals surface area contributed by atoms with Gasteiger partial charge in [0.15, 0.2) is 5.01 Å². The van der Waals surface area contributed by atoms with Gasteiger partial charge in [0.05, 0.1) is 12.1 Å². The molecule has 0 saturated heterocycles. The van der Waals surface area contributed by atoms with Crippen molar-refractivity contribution in [1.82, 2.24) is 10.2 Å². The Balaban J connectivity index is 1.52. The molecule has 30 heavy (non-hydrogen) atoms. The van der Waals surface area contributed by atoms with Crippen molar-refractivity contribution < 1.29 is 13.9 Å². The van der Waals surface area contributed by atoms with Crippen molar-refractivity contribution in [2.24, 2.45) is 0 Å². The van der Waals surface area contributed by atoms with Crippen LogP contribution in [0.15, 0.2) is 60.7 Å². The Bertz CT molecular complexity index is 1250. The van der Waals surface area contributed by atoms with Crippen LogP contribution in [0.3, 0.4) is 0 Å². The maximum absolute atomic E-state index is 13.0. The van der Waals surface area contributed by atoms with Gasteiger partial charge < -0.3 is 10.1 Å². The molecule has 0 unspecified atom stereocenters. The molecule has 1 amide bonds. The first kappa shape index (κ1) is 20.0. The van der Waals surface area contributed by atoms with Crippen molar-refractivity contribution >= 4 is 56.4 Å². The molecule has 150 valence electrons. The number of anilines is 1. The van der Waals surface area contributed by atoms with E-state index in [4.69, 9.17) is 16.3 Å². The number of hydrogen-bond acceptors (Lipinski definition) is 5. The maximum Gasteiger partial charge on any atom is 0.286 e. The Hall–Kier alpha value is -3.29. The van der Waals surface area contributed by atoms with Crippen molar-refractivity contribution in [2.75, 3.05) is 12.4 Å². The van der Waals surface area contributed by atoms with Gasteiger partial charge in [-0.2, -0.15) is 0 Å². The van der Waals surface area contributed by atoms with Crippen LogP contribution in [0.25, 0.3) is 21.9 Å². The van der Waals surface area contributed by atoms with E-state index in [1.54, 1.807) is 13.2 Å². The van der Waals surface area contributed by atoms with Crippen LogP contribution in [-0.4, -0.2) is 23.2 Å². The number of carbonyl (C=O) groups excluding carboxylic acids is 1. The minimum absolute atomic E-state index is 0.159. The summed E-state index contributed by atoms with van der Waals surface area (Å²) in [5.74, 6) is -0.0189. The summed E-state index contributed by atoms with van der Waals surface area (Å²) in [6.45, 7) is 0. The van der Waals surface area contributed by atoms with Gasteiger partial charge in [0, 0.05) is 5.69 Å². The van der Waals surface area contributed by atoms with E-state index in [1.807, 2.05) is 36.4 Å². The number of nitrogens with zero attached hydrogens (tertiary/aromatic N) is 2. The number of amides is 1. The van der Waals surface area contributed by atoms with Crippen LogP contribution in [0.4, 0.5) is 10.1 Å². The normalized spacial score (nSPS) is 11.5. The molecule has 1 heterocycles. The van der Waals surface area contributed by atoms with E-state index in [2.05, 4.69) is 15.5 Å². The van der Waals surface area contributed by atoms with E-state index in [9.17, 15) is 9.18 Å². The molecule has 4 rings (SSSR count). The number of carbonyl (C=O) groups is 1. The zero-order valence-electron chi connectivity index (χ0n) is 15.7. The Kier molecular flexibility index (Phi) is 5.74. The number of hydrogen-bond donors (Lipinski definition) is 1. The molecule has 0 spiro atoms. The van der Waals surface area contributed by atoms with Crippen molar-refractivity contribution in [3.05, 3.63) is 82.1 Å². The maximum atomic E-state index is 13.0. The highest BCUT2D eigenvalue weighted by Gasteiger charge is 2.15. The fraction of sp³-hybridized carbons (Fsp3) is 0.0455. The summed E-state index contributed by atoms with van der Waals surface area (Å²) in [5.41, 5.74) is 1.36. The van der Waals surface area contributed by atoms with E-state index < -0.39 is 5.91 Å². The largest absolute Gasteiger partial charge is 0.497 e. The minimum Gasteiger partial charge on any atom is -0.497 e. The van der Waals surface area contributed by atoms with Gasteiger partial charge in [-0.15, -0.1) is 10.2 Å². The van der Waals surface area contributed by atoms with Crippen molar-refractivity contribution in [3.63, 3.8) is 0 Å². The molecule has 0 bridgehead atoms. The Labute approximate surface area is 180 Å². The molecule has 3 aromatic carbocycles. The van der Waals surface area contributed by atoms with Crippen molar-refractivity contribution in [1.29, 1.82) is 0 Å². The van der Waals surface area contributed by atoms with Crippen LogP contribution in [0.1, 0.15) is 20.4 Å². The number of aromatic nitrogens is 2.